The first kappa shape index (κ1) is 24.0. The number of hydroxylamine groups is 1. The number of amides is 2. The first-order valence-corrected chi connectivity index (χ1v) is 10.9. The van der Waals surface area contributed by atoms with Gasteiger partial charge in [0.1, 0.15) is 5.69 Å². The normalized spacial score (nSPS) is 12.8. The van der Waals surface area contributed by atoms with Crippen molar-refractivity contribution in [3.63, 3.8) is 0 Å². The maximum Gasteiger partial charge on any atom is 0.251 e. The van der Waals surface area contributed by atoms with E-state index in [0.717, 1.165) is 28.5 Å². The van der Waals surface area contributed by atoms with Gasteiger partial charge in [0.2, 0.25) is 5.91 Å². The van der Waals surface area contributed by atoms with Gasteiger partial charge in [-0.2, -0.15) is 0 Å². The molecule has 10 heteroatoms. The second-order valence-corrected chi connectivity index (χ2v) is 8.23. The van der Waals surface area contributed by atoms with Gasteiger partial charge in [0, 0.05) is 5.56 Å². The summed E-state index contributed by atoms with van der Waals surface area (Å²) in [5.41, 5.74) is 3.00. The van der Waals surface area contributed by atoms with Crippen LogP contribution in [0.15, 0.2) is 66.9 Å². The number of benzene rings is 3. The molecule has 4 rings (SSSR count). The molecule has 0 aliphatic heterocycles. The quantitative estimate of drug-likeness (QED) is 0.263. The highest BCUT2D eigenvalue weighted by Gasteiger charge is 2.21. The first-order valence-electron chi connectivity index (χ1n) is 10.9. The summed E-state index contributed by atoms with van der Waals surface area (Å²) in [6.07, 6.45) is 1.99. The Hall–Kier alpha value is -4.18. The van der Waals surface area contributed by atoms with Crippen LogP contribution in [0.25, 0.3) is 10.8 Å². The van der Waals surface area contributed by atoms with Gasteiger partial charge in [0.15, 0.2) is 11.6 Å². The summed E-state index contributed by atoms with van der Waals surface area (Å²) < 4.78 is 28.1. The van der Waals surface area contributed by atoms with Crippen molar-refractivity contribution in [2.75, 3.05) is 0 Å². The molecule has 1 heterocycles. The Labute approximate surface area is 199 Å². The van der Waals surface area contributed by atoms with Crippen LogP contribution < -0.4 is 10.8 Å². The number of hydrogen-bond donors (Lipinski definition) is 3. The summed E-state index contributed by atoms with van der Waals surface area (Å²) in [7, 11) is 0. The monoisotopic (exact) mass is 479 g/mol. The second kappa shape index (κ2) is 10.4. The van der Waals surface area contributed by atoms with E-state index in [1.165, 1.54) is 10.7 Å². The second-order valence-electron chi connectivity index (χ2n) is 8.23. The molecular weight excluding hydrogens is 456 g/mol. The summed E-state index contributed by atoms with van der Waals surface area (Å²) in [6.45, 7) is 1.67. The molecular formula is C25H23F2N5O3. The van der Waals surface area contributed by atoms with Crippen LogP contribution >= 0.6 is 0 Å². The van der Waals surface area contributed by atoms with Crippen molar-refractivity contribution < 1.29 is 23.6 Å². The standard InChI is InChI=1S/C25H23F2N5O3/c1-15(28-25(34)19-8-9-21(26)22(27)12-19)23-14-32(31-29-23)20(13-24(33)30-35)11-16-6-7-17-4-2-3-5-18(17)10-16/h2-10,12,14-15,20,35H,11,13H2,1H3,(H,28,34)(H,30,33)/t15-,20?/m0/s1. The smallest absolute Gasteiger partial charge is 0.251 e. The molecule has 0 aliphatic rings. The van der Waals surface area contributed by atoms with Crippen LogP contribution in [0.3, 0.4) is 0 Å². The number of carbonyl (C=O) groups is 2. The highest BCUT2D eigenvalue weighted by Crippen LogP contribution is 2.23. The van der Waals surface area contributed by atoms with Gasteiger partial charge in [-0.3, -0.25) is 14.8 Å². The highest BCUT2D eigenvalue weighted by atomic mass is 19.2. The van der Waals surface area contributed by atoms with E-state index >= 15 is 0 Å². The van der Waals surface area contributed by atoms with Crippen LogP contribution in [0.5, 0.6) is 0 Å². The fourth-order valence-electron chi connectivity index (χ4n) is 3.82. The minimum Gasteiger partial charge on any atom is -0.344 e. The molecule has 3 N–H and O–H groups in total. The van der Waals surface area contributed by atoms with Gasteiger partial charge in [-0.1, -0.05) is 47.7 Å². The number of aromatic nitrogens is 3. The van der Waals surface area contributed by atoms with Crippen LogP contribution in [0.1, 0.15) is 47.0 Å². The average Bonchev–Trinajstić information content (AvgIpc) is 3.35. The molecule has 0 saturated carbocycles. The lowest BCUT2D eigenvalue weighted by Gasteiger charge is -2.17. The van der Waals surface area contributed by atoms with E-state index in [9.17, 15) is 18.4 Å². The summed E-state index contributed by atoms with van der Waals surface area (Å²) >= 11 is 0. The van der Waals surface area contributed by atoms with Crippen molar-refractivity contribution in [1.82, 2.24) is 25.8 Å². The predicted octanol–water partition coefficient (Wildman–Crippen LogP) is 3.88. The summed E-state index contributed by atoms with van der Waals surface area (Å²) in [4.78, 5) is 24.4. The SMILES string of the molecule is C[C@H](NC(=O)c1ccc(F)c(F)c1)c1cn(C(CC(=O)NO)Cc2ccc3ccccc3c2)nn1. The zero-order valence-corrected chi connectivity index (χ0v) is 18.8. The van der Waals surface area contributed by atoms with Crippen LogP contribution in [-0.4, -0.2) is 32.0 Å². The Balaban J connectivity index is 1.52. The maximum atomic E-state index is 13.5. The molecule has 0 saturated heterocycles. The molecule has 180 valence electrons. The fraction of sp³-hybridized carbons (Fsp3) is 0.200. The van der Waals surface area contributed by atoms with Crippen molar-refractivity contribution in [3.8, 4) is 0 Å². The van der Waals surface area contributed by atoms with E-state index in [1.54, 1.807) is 18.6 Å². The Morgan fingerprint density at radius 1 is 1.03 bits per heavy atom. The van der Waals surface area contributed by atoms with Gasteiger partial charge >= 0.3 is 0 Å². The molecule has 2 amide bonds. The van der Waals surface area contributed by atoms with E-state index in [-0.39, 0.29) is 12.0 Å². The third-order valence-electron chi connectivity index (χ3n) is 5.71. The zero-order chi connectivity index (χ0) is 24.9. The third kappa shape index (κ3) is 5.67. The van der Waals surface area contributed by atoms with Crippen molar-refractivity contribution in [2.45, 2.75) is 31.8 Å². The fourth-order valence-corrected chi connectivity index (χ4v) is 3.82. The number of nitrogens with one attached hydrogen (secondary N) is 2. The van der Waals surface area contributed by atoms with E-state index in [2.05, 4.69) is 15.6 Å². The van der Waals surface area contributed by atoms with Crippen molar-refractivity contribution in [3.05, 3.63) is 95.3 Å². The number of nitrogens with zero attached hydrogens (tertiary/aromatic N) is 3. The molecule has 35 heavy (non-hydrogen) atoms. The summed E-state index contributed by atoms with van der Waals surface area (Å²) in [6, 6.07) is 15.7. The molecule has 0 radical (unpaired) electrons. The molecule has 0 bridgehead atoms. The number of fused-ring (bicyclic) bond motifs is 1. The molecule has 0 aliphatic carbocycles. The van der Waals surface area contributed by atoms with Gasteiger partial charge in [0.25, 0.3) is 5.91 Å². The average molecular weight is 479 g/mol. The van der Waals surface area contributed by atoms with Gasteiger partial charge < -0.3 is 5.32 Å². The lowest BCUT2D eigenvalue weighted by Crippen LogP contribution is -2.27. The van der Waals surface area contributed by atoms with E-state index in [1.807, 2.05) is 42.5 Å². The molecule has 0 fully saturated rings. The molecule has 1 unspecified atom stereocenters. The van der Waals surface area contributed by atoms with E-state index in [0.29, 0.717) is 12.1 Å². The molecule has 2 atom stereocenters. The van der Waals surface area contributed by atoms with Crippen molar-refractivity contribution >= 4 is 22.6 Å². The highest BCUT2D eigenvalue weighted by molar-refractivity contribution is 5.94. The van der Waals surface area contributed by atoms with Gasteiger partial charge in [-0.05, 0) is 47.9 Å². The summed E-state index contributed by atoms with van der Waals surface area (Å²) in [5, 5.41) is 22.1. The number of hydrogen-bond acceptors (Lipinski definition) is 5. The van der Waals surface area contributed by atoms with Crippen LogP contribution in [0.4, 0.5) is 8.78 Å². The maximum absolute atomic E-state index is 13.5. The molecule has 1 aromatic heterocycles. The third-order valence-corrected chi connectivity index (χ3v) is 5.71. The Bertz CT molecular complexity index is 1370. The Morgan fingerprint density at radius 2 is 1.80 bits per heavy atom. The predicted molar refractivity (Wildman–Crippen MR) is 123 cm³/mol. The number of rotatable bonds is 8. The lowest BCUT2D eigenvalue weighted by molar-refractivity contribution is -0.130. The molecule has 8 nitrogen and oxygen atoms in total. The topological polar surface area (TPSA) is 109 Å². The molecule has 0 spiro atoms. The van der Waals surface area contributed by atoms with E-state index in [4.69, 9.17) is 5.21 Å². The van der Waals surface area contributed by atoms with Crippen LogP contribution in [0, 0.1) is 11.6 Å². The van der Waals surface area contributed by atoms with E-state index < -0.39 is 35.5 Å². The van der Waals surface area contributed by atoms with Crippen molar-refractivity contribution in [1.29, 1.82) is 0 Å². The largest absolute Gasteiger partial charge is 0.344 e. The Morgan fingerprint density at radius 3 is 2.54 bits per heavy atom. The van der Waals surface area contributed by atoms with Gasteiger partial charge in [-0.15, -0.1) is 5.10 Å². The zero-order valence-electron chi connectivity index (χ0n) is 18.8. The number of carbonyl (C=O) groups excluding carboxylic acids is 2. The number of halogens is 2. The lowest BCUT2D eigenvalue weighted by atomic mass is 10.00. The van der Waals surface area contributed by atoms with Gasteiger partial charge in [-0.25, -0.2) is 18.9 Å². The molecule has 3 aromatic carbocycles. The molecule has 4 aromatic rings. The van der Waals surface area contributed by atoms with Gasteiger partial charge in [0.05, 0.1) is 24.7 Å². The van der Waals surface area contributed by atoms with Crippen LogP contribution in [-0.2, 0) is 11.2 Å². The van der Waals surface area contributed by atoms with Crippen molar-refractivity contribution in [2.24, 2.45) is 0 Å². The Kier molecular flexibility index (Phi) is 7.11. The minimum atomic E-state index is -1.12. The first-order chi connectivity index (χ1) is 16.8. The van der Waals surface area contributed by atoms with Crippen LogP contribution in [0.2, 0.25) is 0 Å². The summed E-state index contributed by atoms with van der Waals surface area (Å²) in [5.74, 6) is -3.33. The minimum absolute atomic E-state index is 0.0306.